The van der Waals surface area contributed by atoms with Crippen molar-refractivity contribution in [2.24, 2.45) is 0 Å². The first-order valence-electron chi connectivity index (χ1n) is 2.78. The summed E-state index contributed by atoms with van der Waals surface area (Å²) in [6, 6.07) is -0.528. The number of nitrogens with one attached hydrogen (secondary N) is 1. The van der Waals surface area contributed by atoms with Crippen LogP contribution in [0, 0.1) is 5.21 Å². The van der Waals surface area contributed by atoms with E-state index < -0.39 is 6.03 Å². The van der Waals surface area contributed by atoms with Gasteiger partial charge in [0.25, 0.3) is 0 Å². The number of urea groups is 1. The van der Waals surface area contributed by atoms with Crippen molar-refractivity contribution in [2.45, 2.75) is 19.4 Å². The van der Waals surface area contributed by atoms with Crippen molar-refractivity contribution in [1.29, 1.82) is 0 Å². The minimum absolute atomic E-state index is 0.242. The second-order valence-electron chi connectivity index (χ2n) is 2.85. The van der Waals surface area contributed by atoms with Gasteiger partial charge in [0.05, 0.1) is 5.54 Å². The minimum Gasteiger partial charge on any atom is -0.755 e. The molecule has 0 radical (unpaired) electrons. The summed E-state index contributed by atoms with van der Waals surface area (Å²) in [5.74, 6) is 0. The minimum atomic E-state index is -0.528. The lowest BCUT2D eigenvalue weighted by molar-refractivity contribution is 0.230. The molecule has 1 fully saturated rings. The number of carbonyl (C=O) groups is 1. The molecule has 0 atom stereocenters. The van der Waals surface area contributed by atoms with Gasteiger partial charge in [-0.25, -0.2) is 4.79 Å². The van der Waals surface area contributed by atoms with Crippen molar-refractivity contribution in [3.63, 3.8) is 0 Å². The van der Waals surface area contributed by atoms with Gasteiger partial charge in [0.2, 0.25) is 0 Å². The van der Waals surface area contributed by atoms with Crippen molar-refractivity contribution in [3.8, 4) is 0 Å². The van der Waals surface area contributed by atoms with Crippen molar-refractivity contribution in [2.75, 3.05) is 6.54 Å². The zero-order valence-corrected chi connectivity index (χ0v) is 5.47. The number of hydrogen-bond donors (Lipinski definition) is 1. The molecule has 4 heteroatoms. The SMILES string of the molecule is CC1(C)CN([O-])C(=O)N1. The van der Waals surface area contributed by atoms with Gasteiger partial charge in [-0.15, -0.1) is 0 Å². The predicted octanol–water partition coefficient (Wildman–Crippen LogP) is 0.288. The number of carbonyl (C=O) groups excluding carboxylic acids is 1. The van der Waals surface area contributed by atoms with E-state index in [0.717, 1.165) is 0 Å². The normalized spacial score (nSPS) is 24.3. The molecule has 1 N–H and O–H groups in total. The molecule has 1 heterocycles. The third-order valence-corrected chi connectivity index (χ3v) is 1.21. The van der Waals surface area contributed by atoms with E-state index in [9.17, 15) is 10.0 Å². The standard InChI is InChI=1S/C5H9N2O2/c1-5(2)3-7(9)4(8)6-5/h3H2,1-2H3,(H,6,8)/q-1. The Morgan fingerprint density at radius 3 is 2.44 bits per heavy atom. The first-order valence-corrected chi connectivity index (χ1v) is 2.78. The monoisotopic (exact) mass is 129 g/mol. The van der Waals surface area contributed by atoms with Gasteiger partial charge in [-0.3, -0.25) is 0 Å². The van der Waals surface area contributed by atoms with E-state index in [1.54, 1.807) is 0 Å². The Kier molecular flexibility index (Phi) is 1.13. The molecule has 0 spiro atoms. The lowest BCUT2D eigenvalue weighted by atomic mass is 10.1. The topological polar surface area (TPSA) is 55.4 Å². The van der Waals surface area contributed by atoms with E-state index in [4.69, 9.17) is 0 Å². The van der Waals surface area contributed by atoms with Crippen molar-refractivity contribution < 1.29 is 4.79 Å². The van der Waals surface area contributed by atoms with E-state index >= 15 is 0 Å². The molecule has 0 bridgehead atoms. The average molecular weight is 129 g/mol. The zero-order chi connectivity index (χ0) is 7.07. The molecule has 2 amide bonds. The molecular formula is C5H9N2O2-. The fourth-order valence-electron chi connectivity index (χ4n) is 0.822. The Balaban J connectivity index is 2.65. The number of hydroxylamine groups is 2. The van der Waals surface area contributed by atoms with Crippen molar-refractivity contribution >= 4 is 6.03 Å². The first kappa shape index (κ1) is 6.35. The highest BCUT2D eigenvalue weighted by molar-refractivity contribution is 5.77. The molecule has 1 saturated heterocycles. The third kappa shape index (κ3) is 1.13. The van der Waals surface area contributed by atoms with Gasteiger partial charge in [0, 0.05) is 6.54 Å². The molecule has 52 valence electrons. The van der Waals surface area contributed by atoms with Crippen LogP contribution in [0.3, 0.4) is 0 Å². The predicted molar refractivity (Wildman–Crippen MR) is 32.7 cm³/mol. The van der Waals surface area contributed by atoms with Crippen LogP contribution in [0.1, 0.15) is 13.8 Å². The Morgan fingerprint density at radius 1 is 1.78 bits per heavy atom. The van der Waals surface area contributed by atoms with Gasteiger partial charge in [-0.2, -0.15) is 0 Å². The molecule has 4 nitrogen and oxygen atoms in total. The highest BCUT2D eigenvalue weighted by Crippen LogP contribution is 2.11. The maximum absolute atomic E-state index is 10.5. The summed E-state index contributed by atoms with van der Waals surface area (Å²) in [5.41, 5.74) is -0.348. The summed E-state index contributed by atoms with van der Waals surface area (Å²) in [5, 5.41) is 13.4. The van der Waals surface area contributed by atoms with E-state index in [0.29, 0.717) is 5.06 Å². The van der Waals surface area contributed by atoms with Crippen LogP contribution < -0.4 is 5.32 Å². The van der Waals surface area contributed by atoms with Crippen LogP contribution in [-0.2, 0) is 0 Å². The van der Waals surface area contributed by atoms with Crippen LogP contribution in [0.2, 0.25) is 0 Å². The summed E-state index contributed by atoms with van der Waals surface area (Å²) in [6.07, 6.45) is 0. The molecule has 1 rings (SSSR count). The quantitative estimate of drug-likeness (QED) is 0.511. The fourth-order valence-corrected chi connectivity index (χ4v) is 0.822. The smallest absolute Gasteiger partial charge is 0.307 e. The lowest BCUT2D eigenvalue weighted by Crippen LogP contribution is -2.36. The van der Waals surface area contributed by atoms with Gasteiger partial charge in [-0.1, -0.05) is 0 Å². The molecule has 0 aromatic carbocycles. The van der Waals surface area contributed by atoms with Gasteiger partial charge in [0.1, 0.15) is 0 Å². The number of amides is 2. The Labute approximate surface area is 53.4 Å². The summed E-state index contributed by atoms with van der Waals surface area (Å²) in [4.78, 5) is 10.5. The van der Waals surface area contributed by atoms with Gasteiger partial charge in [0.15, 0.2) is 0 Å². The van der Waals surface area contributed by atoms with Gasteiger partial charge >= 0.3 is 6.03 Å². The molecule has 0 aromatic rings. The fraction of sp³-hybridized carbons (Fsp3) is 0.800. The summed E-state index contributed by atoms with van der Waals surface area (Å²) in [6.45, 7) is 3.86. The molecular weight excluding hydrogens is 120 g/mol. The molecule has 9 heavy (non-hydrogen) atoms. The molecule has 0 saturated carbocycles. The van der Waals surface area contributed by atoms with E-state index in [2.05, 4.69) is 5.32 Å². The zero-order valence-electron chi connectivity index (χ0n) is 5.47. The van der Waals surface area contributed by atoms with E-state index in [1.165, 1.54) is 0 Å². The second-order valence-corrected chi connectivity index (χ2v) is 2.85. The van der Waals surface area contributed by atoms with Crippen LogP contribution in [0.4, 0.5) is 4.79 Å². The van der Waals surface area contributed by atoms with E-state index in [1.807, 2.05) is 13.8 Å². The van der Waals surface area contributed by atoms with Crippen LogP contribution >= 0.6 is 0 Å². The maximum Gasteiger partial charge on any atom is 0.307 e. The summed E-state index contributed by atoms with van der Waals surface area (Å²) >= 11 is 0. The molecule has 1 aliphatic heterocycles. The first-order chi connectivity index (χ1) is 4.01. The lowest BCUT2D eigenvalue weighted by Gasteiger charge is -2.21. The van der Waals surface area contributed by atoms with Crippen LogP contribution in [-0.4, -0.2) is 23.2 Å². The van der Waals surface area contributed by atoms with Gasteiger partial charge < -0.3 is 15.6 Å². The number of hydrogen-bond acceptors (Lipinski definition) is 2. The Morgan fingerprint density at radius 2 is 2.33 bits per heavy atom. The van der Waals surface area contributed by atoms with E-state index in [-0.39, 0.29) is 12.1 Å². The largest absolute Gasteiger partial charge is 0.755 e. The Bertz CT molecular complexity index is 144. The van der Waals surface area contributed by atoms with Crippen LogP contribution in [0.15, 0.2) is 0 Å². The van der Waals surface area contributed by atoms with Crippen LogP contribution in [0.25, 0.3) is 0 Å². The van der Waals surface area contributed by atoms with Crippen molar-refractivity contribution in [3.05, 3.63) is 5.21 Å². The maximum atomic E-state index is 10.5. The number of nitrogens with zero attached hydrogens (tertiary/aromatic N) is 1. The summed E-state index contributed by atoms with van der Waals surface area (Å²) in [7, 11) is 0. The summed E-state index contributed by atoms with van der Waals surface area (Å²) < 4.78 is 0. The number of rotatable bonds is 0. The molecule has 0 aliphatic carbocycles. The molecule has 0 aromatic heterocycles. The highest BCUT2D eigenvalue weighted by Gasteiger charge is 2.29. The van der Waals surface area contributed by atoms with Crippen molar-refractivity contribution in [1.82, 2.24) is 10.4 Å². The molecule has 0 unspecified atom stereocenters. The average Bonchev–Trinajstić information content (AvgIpc) is 1.79. The second kappa shape index (κ2) is 1.60. The highest BCUT2D eigenvalue weighted by atomic mass is 16.5. The van der Waals surface area contributed by atoms with Gasteiger partial charge in [-0.05, 0) is 13.8 Å². The third-order valence-electron chi connectivity index (χ3n) is 1.21. The Hall–Kier alpha value is -0.770. The molecule has 1 aliphatic rings. The van der Waals surface area contributed by atoms with Crippen LogP contribution in [0.5, 0.6) is 0 Å².